The van der Waals surface area contributed by atoms with Gasteiger partial charge in [0.1, 0.15) is 10.8 Å². The van der Waals surface area contributed by atoms with Crippen molar-refractivity contribution in [3.63, 3.8) is 0 Å². The van der Waals surface area contributed by atoms with E-state index in [1.165, 1.54) is 13.2 Å². The molecule has 2 rings (SSSR count). The molecule has 0 aliphatic rings. The first-order valence-electron chi connectivity index (χ1n) is 6.62. The first-order chi connectivity index (χ1) is 11.3. The lowest BCUT2D eigenvalue weighted by Crippen LogP contribution is -2.35. The molecule has 1 amide bonds. The van der Waals surface area contributed by atoms with Crippen LogP contribution in [0, 0.1) is 0 Å². The zero-order valence-corrected chi connectivity index (χ0v) is 14.6. The van der Waals surface area contributed by atoms with Gasteiger partial charge in [-0.1, -0.05) is 34.8 Å². The average Bonchev–Trinajstić information content (AvgIpc) is 3.07. The van der Waals surface area contributed by atoms with Crippen LogP contribution in [-0.2, 0) is 16.1 Å². The first-order valence-corrected chi connectivity index (χ1v) is 7.75. The third-order valence-corrected chi connectivity index (χ3v) is 4.07. The van der Waals surface area contributed by atoms with Gasteiger partial charge in [-0.2, -0.15) is 0 Å². The SMILES string of the molecule is C[C@@H](OC(=O)c1nc(Cl)c(Cl)c(N)c1Cl)C(=O)NCc1ccco1. The molecule has 0 aromatic carbocycles. The highest BCUT2D eigenvalue weighted by Crippen LogP contribution is 2.34. The second-order valence-electron chi connectivity index (χ2n) is 4.64. The summed E-state index contributed by atoms with van der Waals surface area (Å²) in [5.41, 5.74) is 5.21. The van der Waals surface area contributed by atoms with Gasteiger partial charge in [-0.05, 0) is 19.1 Å². The predicted molar refractivity (Wildman–Crippen MR) is 89.1 cm³/mol. The third-order valence-electron chi connectivity index (χ3n) is 2.94. The van der Waals surface area contributed by atoms with Crippen LogP contribution in [0.5, 0.6) is 0 Å². The largest absolute Gasteiger partial charge is 0.467 e. The number of carbonyl (C=O) groups is 2. The number of nitrogens with one attached hydrogen (secondary N) is 1. The Kier molecular flexibility index (Phi) is 5.93. The maximum Gasteiger partial charge on any atom is 0.359 e. The van der Waals surface area contributed by atoms with Crippen molar-refractivity contribution < 1.29 is 18.7 Å². The highest BCUT2D eigenvalue weighted by molar-refractivity contribution is 6.46. The number of pyridine rings is 1. The molecule has 0 radical (unpaired) electrons. The number of carbonyl (C=O) groups excluding carboxylic acids is 2. The summed E-state index contributed by atoms with van der Waals surface area (Å²) in [6, 6.07) is 3.38. The standard InChI is InChI=1S/C14H12Cl3N3O4/c1-6(13(21)19-5-7-3-2-4-23-7)24-14(22)11-8(15)10(18)9(16)12(17)20-11/h2-4,6H,5H2,1H3,(H2,18,20)(H,19,21)/t6-/m1/s1. The molecular formula is C14H12Cl3N3O4. The van der Waals surface area contributed by atoms with Crippen LogP contribution in [-0.4, -0.2) is 23.0 Å². The van der Waals surface area contributed by atoms with E-state index in [-0.39, 0.29) is 33.1 Å². The number of hydrogen-bond acceptors (Lipinski definition) is 6. The maximum absolute atomic E-state index is 12.1. The summed E-state index contributed by atoms with van der Waals surface area (Å²) in [6.45, 7) is 1.55. The van der Waals surface area contributed by atoms with Gasteiger partial charge in [0.15, 0.2) is 17.0 Å². The van der Waals surface area contributed by atoms with E-state index in [0.717, 1.165) is 0 Å². The van der Waals surface area contributed by atoms with Crippen LogP contribution in [0.1, 0.15) is 23.2 Å². The number of nitrogens with zero attached hydrogens (tertiary/aromatic N) is 1. The van der Waals surface area contributed by atoms with Gasteiger partial charge in [0, 0.05) is 0 Å². The van der Waals surface area contributed by atoms with Gasteiger partial charge in [-0.15, -0.1) is 0 Å². The molecule has 24 heavy (non-hydrogen) atoms. The lowest BCUT2D eigenvalue weighted by Gasteiger charge is -2.14. The molecule has 0 saturated heterocycles. The van der Waals surface area contributed by atoms with Crippen molar-refractivity contribution in [3.05, 3.63) is 45.0 Å². The average molecular weight is 393 g/mol. The molecule has 2 aromatic heterocycles. The molecular weight excluding hydrogens is 381 g/mol. The monoisotopic (exact) mass is 391 g/mol. The van der Waals surface area contributed by atoms with Gasteiger partial charge in [-0.25, -0.2) is 9.78 Å². The van der Waals surface area contributed by atoms with Crippen molar-refractivity contribution in [3.8, 4) is 0 Å². The van der Waals surface area contributed by atoms with Gasteiger partial charge in [0.2, 0.25) is 0 Å². The molecule has 128 valence electrons. The molecule has 0 bridgehead atoms. The van der Waals surface area contributed by atoms with Crippen LogP contribution in [0.2, 0.25) is 15.2 Å². The Bertz CT molecular complexity index is 765. The quantitative estimate of drug-likeness (QED) is 0.598. The molecule has 1 atom stereocenters. The zero-order valence-electron chi connectivity index (χ0n) is 12.3. The van der Waals surface area contributed by atoms with Crippen molar-refractivity contribution in [2.24, 2.45) is 0 Å². The van der Waals surface area contributed by atoms with Crippen LogP contribution < -0.4 is 11.1 Å². The van der Waals surface area contributed by atoms with Crippen molar-refractivity contribution in [2.45, 2.75) is 19.6 Å². The minimum absolute atomic E-state index is 0.0672. The highest BCUT2D eigenvalue weighted by Gasteiger charge is 2.25. The van der Waals surface area contributed by atoms with Crippen LogP contribution in [0.15, 0.2) is 22.8 Å². The Labute approximate surface area is 152 Å². The second-order valence-corrected chi connectivity index (χ2v) is 5.75. The number of anilines is 1. The van der Waals surface area contributed by atoms with Crippen molar-refractivity contribution in [1.82, 2.24) is 10.3 Å². The summed E-state index contributed by atoms with van der Waals surface area (Å²) in [6.07, 6.45) is 0.383. The van der Waals surface area contributed by atoms with Gasteiger partial charge < -0.3 is 20.2 Å². The smallest absolute Gasteiger partial charge is 0.359 e. The fraction of sp³-hybridized carbons (Fsp3) is 0.214. The molecule has 7 nitrogen and oxygen atoms in total. The summed E-state index contributed by atoms with van der Waals surface area (Å²) in [7, 11) is 0. The minimum atomic E-state index is -1.10. The van der Waals surface area contributed by atoms with Crippen LogP contribution in [0.3, 0.4) is 0 Å². The van der Waals surface area contributed by atoms with E-state index in [9.17, 15) is 9.59 Å². The van der Waals surface area contributed by atoms with E-state index in [2.05, 4.69) is 10.3 Å². The zero-order chi connectivity index (χ0) is 17.9. The second kappa shape index (κ2) is 7.74. The van der Waals surface area contributed by atoms with E-state index in [1.807, 2.05) is 0 Å². The lowest BCUT2D eigenvalue weighted by molar-refractivity contribution is -0.129. The third kappa shape index (κ3) is 4.11. The van der Waals surface area contributed by atoms with E-state index in [4.69, 9.17) is 49.7 Å². The summed E-state index contributed by atoms with van der Waals surface area (Å²) in [4.78, 5) is 27.8. The van der Waals surface area contributed by atoms with E-state index in [1.54, 1.807) is 12.1 Å². The fourth-order valence-electron chi connectivity index (χ4n) is 1.67. The fourth-order valence-corrected chi connectivity index (χ4v) is 2.25. The van der Waals surface area contributed by atoms with Gasteiger partial charge >= 0.3 is 5.97 Å². The van der Waals surface area contributed by atoms with Crippen molar-refractivity contribution >= 4 is 52.4 Å². The van der Waals surface area contributed by atoms with Gasteiger partial charge in [0.25, 0.3) is 5.91 Å². The number of hydrogen-bond donors (Lipinski definition) is 2. The molecule has 10 heteroatoms. The number of nitrogen functional groups attached to an aromatic ring is 1. The summed E-state index contributed by atoms with van der Waals surface area (Å²) < 4.78 is 10.1. The Balaban J connectivity index is 2.02. The number of esters is 1. The molecule has 0 aliphatic heterocycles. The van der Waals surface area contributed by atoms with E-state index in [0.29, 0.717) is 5.76 Å². The molecule has 0 saturated carbocycles. The summed E-state index contributed by atoms with van der Waals surface area (Å²) in [5.74, 6) is -0.918. The maximum atomic E-state index is 12.1. The number of rotatable bonds is 5. The molecule has 0 aliphatic carbocycles. The summed E-state index contributed by atoms with van der Waals surface area (Å²) in [5, 5.41) is 2.10. The van der Waals surface area contributed by atoms with E-state index < -0.39 is 18.0 Å². The van der Waals surface area contributed by atoms with Gasteiger partial charge in [0.05, 0.1) is 23.5 Å². The Morgan fingerprint density at radius 2 is 2.08 bits per heavy atom. The van der Waals surface area contributed by atoms with Crippen molar-refractivity contribution in [1.29, 1.82) is 0 Å². The topological polar surface area (TPSA) is 107 Å². The van der Waals surface area contributed by atoms with Crippen LogP contribution in [0.4, 0.5) is 5.69 Å². The molecule has 2 aromatic rings. The first kappa shape index (κ1) is 18.4. The Morgan fingerprint density at radius 1 is 1.38 bits per heavy atom. The minimum Gasteiger partial charge on any atom is -0.467 e. The number of ether oxygens (including phenoxy) is 1. The van der Waals surface area contributed by atoms with Gasteiger partial charge in [-0.3, -0.25) is 4.79 Å². The molecule has 0 unspecified atom stereocenters. The van der Waals surface area contributed by atoms with Crippen LogP contribution >= 0.6 is 34.8 Å². The predicted octanol–water partition coefficient (Wildman–Crippen LogP) is 3.08. The number of furan rings is 1. The number of halogens is 3. The van der Waals surface area contributed by atoms with E-state index >= 15 is 0 Å². The normalized spacial score (nSPS) is 11.8. The Morgan fingerprint density at radius 3 is 2.71 bits per heavy atom. The number of amides is 1. The van der Waals surface area contributed by atoms with Crippen molar-refractivity contribution in [2.75, 3.05) is 5.73 Å². The van der Waals surface area contributed by atoms with Crippen LogP contribution in [0.25, 0.3) is 0 Å². The summed E-state index contributed by atoms with van der Waals surface area (Å²) >= 11 is 17.5. The Hall–Kier alpha value is -1.96. The number of nitrogens with two attached hydrogens (primary N) is 1. The molecule has 0 spiro atoms. The molecule has 0 fully saturated rings. The molecule has 3 N–H and O–H groups in total. The molecule has 2 heterocycles. The lowest BCUT2D eigenvalue weighted by atomic mass is 10.3. The number of aromatic nitrogens is 1. The highest BCUT2D eigenvalue weighted by atomic mass is 35.5.